The van der Waals surface area contributed by atoms with Gasteiger partial charge in [0.15, 0.2) is 10.9 Å². The lowest BCUT2D eigenvalue weighted by molar-refractivity contribution is 0.581. The van der Waals surface area contributed by atoms with Crippen LogP contribution in [0.1, 0.15) is 0 Å². The Bertz CT molecular complexity index is 977. The quantitative estimate of drug-likeness (QED) is 0.544. The second kappa shape index (κ2) is 6.17. The van der Waals surface area contributed by atoms with Gasteiger partial charge in [-0.3, -0.25) is 4.40 Å². The summed E-state index contributed by atoms with van der Waals surface area (Å²) in [7, 11) is 0. The number of hydrogen-bond donors (Lipinski definition) is 2. The maximum atomic E-state index is 5.51. The zero-order valence-corrected chi connectivity index (χ0v) is 13.5. The summed E-state index contributed by atoms with van der Waals surface area (Å²) in [5.41, 5.74) is 2.45. The van der Waals surface area contributed by atoms with Crippen molar-refractivity contribution in [2.75, 3.05) is 10.6 Å². The lowest BCUT2D eigenvalue weighted by Crippen LogP contribution is -2.20. The van der Waals surface area contributed by atoms with Crippen LogP contribution in [0.2, 0.25) is 0 Å². The lowest BCUT2D eigenvalue weighted by Gasteiger charge is -2.11. The predicted octanol–water partition coefficient (Wildman–Crippen LogP) is 4.40. The van der Waals surface area contributed by atoms with Crippen LogP contribution in [0.5, 0.6) is 0 Å². The van der Waals surface area contributed by atoms with Crippen molar-refractivity contribution in [1.29, 1.82) is 0 Å². The van der Waals surface area contributed by atoms with Crippen LogP contribution >= 0.6 is 12.2 Å². The zero-order chi connectivity index (χ0) is 16.4. The molecule has 3 aromatic heterocycles. The topological polar surface area (TPSA) is 54.5 Å². The molecule has 0 aliphatic carbocycles. The summed E-state index contributed by atoms with van der Waals surface area (Å²) in [6.45, 7) is 0. The molecular weight excluding hydrogens is 320 g/mol. The number of imidazole rings is 1. The summed E-state index contributed by atoms with van der Waals surface area (Å²) in [6, 6.07) is 19.3. The maximum absolute atomic E-state index is 5.51. The van der Waals surface area contributed by atoms with Gasteiger partial charge in [-0.1, -0.05) is 24.3 Å². The first-order chi connectivity index (χ1) is 11.8. The number of hydrogen-bond acceptors (Lipinski definition) is 3. The van der Waals surface area contributed by atoms with Crippen molar-refractivity contribution in [2.45, 2.75) is 0 Å². The van der Waals surface area contributed by atoms with E-state index in [1.165, 1.54) is 0 Å². The first kappa shape index (κ1) is 14.5. The highest BCUT2D eigenvalue weighted by Crippen LogP contribution is 2.29. The minimum Gasteiger partial charge on any atom is -0.463 e. The van der Waals surface area contributed by atoms with E-state index in [1.807, 2.05) is 71.3 Å². The van der Waals surface area contributed by atoms with Crippen LogP contribution in [0.4, 0.5) is 11.5 Å². The fourth-order valence-corrected chi connectivity index (χ4v) is 2.71. The summed E-state index contributed by atoms with van der Waals surface area (Å²) in [4.78, 5) is 4.63. The fourth-order valence-electron chi connectivity index (χ4n) is 2.49. The molecule has 2 N–H and O–H groups in total. The third-order valence-corrected chi connectivity index (χ3v) is 3.75. The Morgan fingerprint density at radius 1 is 0.958 bits per heavy atom. The third-order valence-electron chi connectivity index (χ3n) is 3.55. The first-order valence-corrected chi connectivity index (χ1v) is 7.86. The van der Waals surface area contributed by atoms with Crippen molar-refractivity contribution in [3.05, 3.63) is 73.1 Å². The molecule has 0 spiro atoms. The van der Waals surface area contributed by atoms with E-state index in [0.29, 0.717) is 16.6 Å². The average Bonchev–Trinajstić information content (AvgIpc) is 3.24. The van der Waals surface area contributed by atoms with E-state index in [4.69, 9.17) is 16.6 Å². The largest absolute Gasteiger partial charge is 0.463 e. The van der Waals surface area contributed by atoms with Gasteiger partial charge in [0.1, 0.15) is 17.2 Å². The van der Waals surface area contributed by atoms with Gasteiger partial charge in [-0.05, 0) is 48.6 Å². The number of furan rings is 1. The number of fused-ring (bicyclic) bond motifs is 1. The first-order valence-electron chi connectivity index (χ1n) is 7.45. The molecule has 0 amide bonds. The van der Waals surface area contributed by atoms with Crippen molar-refractivity contribution in [1.82, 2.24) is 9.38 Å². The van der Waals surface area contributed by atoms with E-state index >= 15 is 0 Å². The van der Waals surface area contributed by atoms with Crippen LogP contribution in [0.15, 0.2) is 77.5 Å². The molecule has 4 rings (SSSR count). The van der Waals surface area contributed by atoms with Crippen molar-refractivity contribution in [2.24, 2.45) is 0 Å². The molecule has 0 bridgehead atoms. The molecule has 0 unspecified atom stereocenters. The Morgan fingerprint density at radius 2 is 1.79 bits per heavy atom. The zero-order valence-electron chi connectivity index (χ0n) is 12.6. The van der Waals surface area contributed by atoms with E-state index < -0.39 is 0 Å². The molecule has 5 nitrogen and oxygen atoms in total. The van der Waals surface area contributed by atoms with E-state index in [0.717, 1.165) is 17.2 Å². The third kappa shape index (κ3) is 2.75. The van der Waals surface area contributed by atoms with Crippen molar-refractivity contribution in [3.8, 4) is 11.5 Å². The van der Waals surface area contributed by atoms with Gasteiger partial charge in [-0.25, -0.2) is 4.98 Å². The lowest BCUT2D eigenvalue weighted by atomic mass is 10.3. The Labute approximate surface area is 144 Å². The molecule has 4 aromatic rings. The second-order valence-corrected chi connectivity index (χ2v) is 5.57. The molecule has 0 fully saturated rings. The van der Waals surface area contributed by atoms with Crippen molar-refractivity contribution < 1.29 is 4.42 Å². The number of pyridine rings is 1. The smallest absolute Gasteiger partial charge is 0.176 e. The SMILES string of the molecule is S=C(Nc1ccccc1)Nc1c(-c2ccco2)nc2ccccn12. The van der Waals surface area contributed by atoms with Gasteiger partial charge >= 0.3 is 0 Å². The normalized spacial score (nSPS) is 10.7. The maximum Gasteiger partial charge on any atom is 0.176 e. The van der Waals surface area contributed by atoms with Gasteiger partial charge in [0.05, 0.1) is 6.26 Å². The van der Waals surface area contributed by atoms with E-state index in [1.54, 1.807) is 6.26 Å². The van der Waals surface area contributed by atoms with Crippen LogP contribution in [0, 0.1) is 0 Å². The molecule has 24 heavy (non-hydrogen) atoms. The summed E-state index contributed by atoms with van der Waals surface area (Å²) in [6.07, 6.45) is 3.56. The highest BCUT2D eigenvalue weighted by Gasteiger charge is 2.16. The number of rotatable bonds is 3. The summed E-state index contributed by atoms with van der Waals surface area (Å²) in [5.74, 6) is 1.44. The number of nitrogens with one attached hydrogen (secondary N) is 2. The molecule has 3 heterocycles. The van der Waals surface area contributed by atoms with Gasteiger partial charge in [-0.15, -0.1) is 0 Å². The van der Waals surface area contributed by atoms with Crippen LogP contribution in [0.3, 0.4) is 0 Å². The van der Waals surface area contributed by atoms with Crippen LogP contribution in [-0.2, 0) is 0 Å². The molecule has 118 valence electrons. The van der Waals surface area contributed by atoms with Crippen LogP contribution in [-0.4, -0.2) is 14.5 Å². The summed E-state index contributed by atoms with van der Waals surface area (Å²) < 4.78 is 7.45. The average molecular weight is 334 g/mol. The highest BCUT2D eigenvalue weighted by atomic mass is 32.1. The van der Waals surface area contributed by atoms with Gasteiger partial charge < -0.3 is 15.1 Å². The number of aromatic nitrogens is 2. The predicted molar refractivity (Wildman–Crippen MR) is 99.2 cm³/mol. The van der Waals surface area contributed by atoms with Gasteiger partial charge in [0, 0.05) is 11.9 Å². The van der Waals surface area contributed by atoms with E-state index in [9.17, 15) is 0 Å². The number of para-hydroxylation sites is 1. The fraction of sp³-hybridized carbons (Fsp3) is 0. The van der Waals surface area contributed by atoms with Gasteiger partial charge in [0.2, 0.25) is 0 Å². The molecular formula is C18H14N4OS. The van der Waals surface area contributed by atoms with Crippen LogP contribution in [0.25, 0.3) is 17.1 Å². The molecule has 0 aliphatic heterocycles. The molecule has 0 radical (unpaired) electrons. The summed E-state index contributed by atoms with van der Waals surface area (Å²) >= 11 is 5.44. The summed E-state index contributed by atoms with van der Waals surface area (Å²) in [5, 5.41) is 6.88. The molecule has 1 aromatic carbocycles. The Balaban J connectivity index is 1.70. The van der Waals surface area contributed by atoms with Crippen molar-refractivity contribution >= 4 is 34.5 Å². The second-order valence-electron chi connectivity index (χ2n) is 5.16. The minimum absolute atomic E-state index is 0.486. The number of anilines is 2. The Hall–Kier alpha value is -3.12. The highest BCUT2D eigenvalue weighted by molar-refractivity contribution is 7.80. The van der Waals surface area contributed by atoms with Crippen LogP contribution < -0.4 is 10.6 Å². The number of nitrogens with zero attached hydrogens (tertiary/aromatic N) is 2. The van der Waals surface area contributed by atoms with Crippen molar-refractivity contribution in [3.63, 3.8) is 0 Å². The molecule has 0 atom stereocenters. The Kier molecular flexibility index (Phi) is 3.72. The monoisotopic (exact) mass is 334 g/mol. The standard InChI is InChI=1S/C18H14N4OS/c24-18(19-13-7-2-1-3-8-13)21-17-16(14-9-6-12-23-14)20-15-10-4-5-11-22(15)17/h1-12H,(H2,19,21,24). The Morgan fingerprint density at radius 3 is 2.58 bits per heavy atom. The van der Waals surface area contributed by atoms with E-state index in [-0.39, 0.29) is 0 Å². The molecule has 0 aliphatic rings. The minimum atomic E-state index is 0.486. The van der Waals surface area contributed by atoms with Gasteiger partial charge in [0.25, 0.3) is 0 Å². The van der Waals surface area contributed by atoms with Gasteiger partial charge in [-0.2, -0.15) is 0 Å². The molecule has 0 saturated heterocycles. The molecule has 6 heteroatoms. The number of thiocarbonyl (C=S) groups is 1. The van der Waals surface area contributed by atoms with E-state index in [2.05, 4.69) is 15.6 Å². The number of benzene rings is 1. The molecule has 0 saturated carbocycles.